The summed E-state index contributed by atoms with van der Waals surface area (Å²) in [6.07, 6.45) is 1.09. The van der Waals surface area contributed by atoms with Crippen LogP contribution >= 0.6 is 11.3 Å². The third-order valence-corrected chi connectivity index (χ3v) is 8.87. The van der Waals surface area contributed by atoms with Crippen molar-refractivity contribution in [1.82, 2.24) is 8.87 Å². The lowest BCUT2D eigenvalue weighted by Crippen LogP contribution is -2.42. The lowest BCUT2D eigenvalue weighted by molar-refractivity contribution is -0.122. The van der Waals surface area contributed by atoms with E-state index in [2.05, 4.69) is 4.99 Å². The van der Waals surface area contributed by atoms with Crippen molar-refractivity contribution in [2.75, 3.05) is 33.4 Å². The van der Waals surface area contributed by atoms with Crippen LogP contribution in [-0.4, -0.2) is 56.6 Å². The van der Waals surface area contributed by atoms with Crippen molar-refractivity contribution >= 4 is 37.5 Å². The van der Waals surface area contributed by atoms with Crippen LogP contribution in [0.4, 0.5) is 4.39 Å². The number of halogens is 1. The average molecular weight is 522 g/mol. The van der Waals surface area contributed by atoms with E-state index >= 15 is 0 Å². The van der Waals surface area contributed by atoms with Crippen LogP contribution in [0.15, 0.2) is 52.4 Å². The Labute approximate surface area is 207 Å². The highest BCUT2D eigenvalue weighted by atomic mass is 32.2. The van der Waals surface area contributed by atoms with Gasteiger partial charge in [-0.25, -0.2) is 12.8 Å². The van der Waals surface area contributed by atoms with Crippen LogP contribution in [0.2, 0.25) is 0 Å². The van der Waals surface area contributed by atoms with Crippen molar-refractivity contribution < 1.29 is 27.1 Å². The molecule has 0 aliphatic carbocycles. The Kier molecular flexibility index (Phi) is 8.00. The van der Waals surface area contributed by atoms with Gasteiger partial charge in [-0.3, -0.25) is 4.79 Å². The van der Waals surface area contributed by atoms with Crippen LogP contribution in [0.25, 0.3) is 10.2 Å². The number of benzene rings is 2. The number of amides is 1. The predicted molar refractivity (Wildman–Crippen MR) is 131 cm³/mol. The number of piperidine rings is 1. The number of thiazole rings is 1. The summed E-state index contributed by atoms with van der Waals surface area (Å²) in [5.41, 5.74) is 0.385. The predicted octanol–water partition coefficient (Wildman–Crippen LogP) is 3.42. The molecule has 2 heterocycles. The topological polar surface area (TPSA) is 90.2 Å². The number of carbonyl (C=O) groups excluding carboxylic acids is 1. The first kappa shape index (κ1) is 25.5. The molecule has 1 aromatic heterocycles. The van der Waals surface area contributed by atoms with Gasteiger partial charge in [0.05, 0.1) is 34.7 Å². The lowest BCUT2D eigenvalue weighted by Gasteiger charge is -2.30. The summed E-state index contributed by atoms with van der Waals surface area (Å²) in [6.45, 7) is 3.49. The van der Waals surface area contributed by atoms with Gasteiger partial charge < -0.3 is 14.0 Å². The van der Waals surface area contributed by atoms with Crippen LogP contribution < -0.4 is 9.54 Å². The number of fused-ring (bicyclic) bond motifs is 1. The van der Waals surface area contributed by atoms with Crippen molar-refractivity contribution in [3.05, 3.63) is 53.1 Å². The second-order valence-electron chi connectivity index (χ2n) is 8.15. The Balaban J connectivity index is 1.60. The Morgan fingerprint density at radius 1 is 1.23 bits per heavy atom. The molecule has 1 aliphatic heterocycles. The van der Waals surface area contributed by atoms with E-state index in [4.69, 9.17) is 9.47 Å². The molecule has 0 bridgehead atoms. The van der Waals surface area contributed by atoms with E-state index in [1.165, 1.54) is 41.0 Å². The smallest absolute Gasteiger partial charge is 0.252 e. The van der Waals surface area contributed by atoms with Gasteiger partial charge in [0.1, 0.15) is 11.6 Å². The first-order chi connectivity index (χ1) is 16.8. The lowest BCUT2D eigenvalue weighted by atomic mass is 9.99. The molecule has 1 unspecified atom stereocenters. The summed E-state index contributed by atoms with van der Waals surface area (Å²) in [5, 5.41) is 0. The molecule has 1 atom stereocenters. The van der Waals surface area contributed by atoms with Gasteiger partial charge in [-0.1, -0.05) is 17.4 Å². The van der Waals surface area contributed by atoms with Crippen molar-refractivity contribution in [2.45, 2.75) is 31.2 Å². The number of hydrogen-bond donors (Lipinski definition) is 0. The van der Waals surface area contributed by atoms with Crippen molar-refractivity contribution in [3.63, 3.8) is 0 Å². The Bertz CT molecular complexity index is 1370. The Morgan fingerprint density at radius 2 is 2.00 bits per heavy atom. The zero-order valence-corrected chi connectivity index (χ0v) is 21.3. The second kappa shape index (κ2) is 11.0. The highest BCUT2D eigenvalue weighted by molar-refractivity contribution is 7.89. The maximum absolute atomic E-state index is 14.6. The van der Waals surface area contributed by atoms with Gasteiger partial charge in [-0.15, -0.1) is 0 Å². The number of carbonyl (C=O) groups is 1. The van der Waals surface area contributed by atoms with E-state index in [1.807, 2.05) is 6.92 Å². The van der Waals surface area contributed by atoms with E-state index in [0.717, 1.165) is 0 Å². The molecule has 35 heavy (non-hydrogen) atoms. The number of para-hydroxylation sites is 1. The Morgan fingerprint density at radius 3 is 2.71 bits per heavy atom. The van der Waals surface area contributed by atoms with Crippen LogP contribution in [0.1, 0.15) is 19.8 Å². The number of aromatic nitrogens is 1. The summed E-state index contributed by atoms with van der Waals surface area (Å²) >= 11 is 1.23. The fourth-order valence-electron chi connectivity index (χ4n) is 4.12. The van der Waals surface area contributed by atoms with Gasteiger partial charge >= 0.3 is 0 Å². The van der Waals surface area contributed by atoms with Crippen molar-refractivity contribution in [2.24, 2.45) is 10.9 Å². The van der Waals surface area contributed by atoms with Crippen LogP contribution in [0, 0.1) is 11.7 Å². The van der Waals surface area contributed by atoms with Gasteiger partial charge in [-0.05, 0) is 56.2 Å². The normalized spacial score (nSPS) is 17.7. The molecule has 11 heteroatoms. The average Bonchev–Trinajstić information content (AvgIpc) is 3.22. The molecule has 1 aliphatic rings. The minimum atomic E-state index is -3.76. The van der Waals surface area contributed by atoms with Crippen LogP contribution in [0.5, 0.6) is 5.75 Å². The van der Waals surface area contributed by atoms with Gasteiger partial charge in [0.15, 0.2) is 4.80 Å². The van der Waals surface area contributed by atoms with Gasteiger partial charge in [-0.2, -0.15) is 9.30 Å². The minimum absolute atomic E-state index is 0.0505. The zero-order chi connectivity index (χ0) is 25.0. The number of rotatable bonds is 8. The van der Waals surface area contributed by atoms with Crippen molar-refractivity contribution in [3.8, 4) is 5.75 Å². The molecular formula is C24H28FN3O5S2. The largest absolute Gasteiger partial charge is 0.497 e. The molecule has 2 aromatic carbocycles. The van der Waals surface area contributed by atoms with E-state index < -0.39 is 27.7 Å². The quantitative estimate of drug-likeness (QED) is 0.424. The molecule has 8 nitrogen and oxygen atoms in total. The van der Waals surface area contributed by atoms with Gasteiger partial charge in [0.25, 0.3) is 5.91 Å². The minimum Gasteiger partial charge on any atom is -0.497 e. The SMILES string of the molecule is CCOCCn1c(=NC(=O)C2CCCN(S(=O)(=O)c3ccc(OC)cc3)C2)sc2cccc(F)c21. The number of sulfonamides is 1. The molecule has 3 aromatic rings. The summed E-state index contributed by atoms with van der Waals surface area (Å²) < 4.78 is 55.1. The highest BCUT2D eigenvalue weighted by Crippen LogP contribution is 2.26. The van der Waals surface area contributed by atoms with Crippen LogP contribution in [-0.2, 0) is 26.1 Å². The second-order valence-corrected chi connectivity index (χ2v) is 11.1. The summed E-state index contributed by atoms with van der Waals surface area (Å²) in [5.74, 6) is -0.811. The molecular weight excluding hydrogens is 493 g/mol. The third-order valence-electron chi connectivity index (χ3n) is 5.95. The molecule has 0 saturated carbocycles. The summed E-state index contributed by atoms with van der Waals surface area (Å²) in [7, 11) is -2.25. The van der Waals surface area contributed by atoms with E-state index in [-0.39, 0.29) is 11.4 Å². The van der Waals surface area contributed by atoms with Crippen molar-refractivity contribution in [1.29, 1.82) is 0 Å². The molecule has 0 spiro atoms. The van der Waals surface area contributed by atoms with Crippen LogP contribution in [0.3, 0.4) is 0 Å². The molecule has 0 N–H and O–H groups in total. The zero-order valence-electron chi connectivity index (χ0n) is 19.6. The first-order valence-electron chi connectivity index (χ1n) is 11.4. The van der Waals surface area contributed by atoms with Gasteiger partial charge in [0, 0.05) is 26.2 Å². The fourth-order valence-corrected chi connectivity index (χ4v) is 6.72. The summed E-state index contributed by atoms with van der Waals surface area (Å²) in [6, 6.07) is 11.0. The number of nitrogens with zero attached hydrogens (tertiary/aromatic N) is 3. The molecule has 1 fully saturated rings. The molecule has 0 radical (unpaired) electrons. The Hall–Kier alpha value is -2.60. The number of methoxy groups -OCH3 is 1. The molecule has 4 rings (SSSR count). The molecule has 1 amide bonds. The molecule has 188 valence electrons. The standard InChI is InChI=1S/C24H28FN3O5S2/c1-3-33-15-14-28-22-20(25)7-4-8-21(22)34-24(28)26-23(29)17-6-5-13-27(16-17)35(30,31)19-11-9-18(32-2)10-12-19/h4,7-12,17H,3,5-6,13-16H2,1-2H3. The maximum atomic E-state index is 14.6. The van der Waals surface area contributed by atoms with E-state index in [0.29, 0.717) is 59.9 Å². The highest BCUT2D eigenvalue weighted by Gasteiger charge is 2.33. The monoisotopic (exact) mass is 521 g/mol. The summed E-state index contributed by atoms with van der Waals surface area (Å²) in [4.78, 5) is 18.0. The third kappa shape index (κ3) is 5.48. The van der Waals surface area contributed by atoms with E-state index in [1.54, 1.807) is 28.8 Å². The van der Waals surface area contributed by atoms with Gasteiger partial charge in [0.2, 0.25) is 10.0 Å². The molecule has 1 saturated heterocycles. The number of hydrogen-bond acceptors (Lipinski definition) is 6. The first-order valence-corrected chi connectivity index (χ1v) is 13.7. The van der Waals surface area contributed by atoms with E-state index in [9.17, 15) is 17.6 Å². The fraction of sp³-hybridized carbons (Fsp3) is 0.417. The maximum Gasteiger partial charge on any atom is 0.252 e. The number of ether oxygens (including phenoxy) is 2.